The smallest absolute Gasteiger partial charge is 0.245 e. The Morgan fingerprint density at radius 1 is 1.12 bits per heavy atom. The van der Waals surface area contributed by atoms with Crippen molar-refractivity contribution in [3.63, 3.8) is 0 Å². The third-order valence-corrected chi connectivity index (χ3v) is 2.16. The van der Waals surface area contributed by atoms with Crippen LogP contribution >= 0.6 is 0 Å². The standard InChI is InChI=1S/C11H5F3N2/c12-11(13,14)9-2-1-7-6-16-10(5-15)4-8(7)3-9/h1-4,6H. The van der Waals surface area contributed by atoms with E-state index in [1.807, 2.05) is 0 Å². The lowest BCUT2D eigenvalue weighted by molar-refractivity contribution is -0.137. The van der Waals surface area contributed by atoms with Crippen LogP contribution in [0.3, 0.4) is 0 Å². The zero-order chi connectivity index (χ0) is 11.8. The van der Waals surface area contributed by atoms with E-state index in [0.717, 1.165) is 12.1 Å². The number of aromatic nitrogens is 1. The van der Waals surface area contributed by atoms with Crippen LogP contribution in [0.15, 0.2) is 30.5 Å². The zero-order valence-electron chi connectivity index (χ0n) is 7.92. The van der Waals surface area contributed by atoms with Gasteiger partial charge in [0, 0.05) is 11.6 Å². The van der Waals surface area contributed by atoms with Crippen molar-refractivity contribution in [1.82, 2.24) is 4.98 Å². The predicted octanol–water partition coefficient (Wildman–Crippen LogP) is 3.13. The van der Waals surface area contributed by atoms with Gasteiger partial charge in [-0.3, -0.25) is 0 Å². The lowest BCUT2D eigenvalue weighted by Crippen LogP contribution is -2.04. The van der Waals surface area contributed by atoms with E-state index in [9.17, 15) is 13.2 Å². The van der Waals surface area contributed by atoms with Crippen LogP contribution in [0.4, 0.5) is 13.2 Å². The number of rotatable bonds is 0. The third kappa shape index (κ3) is 1.82. The van der Waals surface area contributed by atoms with Gasteiger partial charge in [-0.1, -0.05) is 6.07 Å². The minimum absolute atomic E-state index is 0.104. The van der Waals surface area contributed by atoms with Gasteiger partial charge in [-0.25, -0.2) is 4.98 Å². The van der Waals surface area contributed by atoms with Gasteiger partial charge < -0.3 is 0 Å². The number of nitrogens with zero attached hydrogens (tertiary/aromatic N) is 2. The van der Waals surface area contributed by atoms with Crippen molar-refractivity contribution in [2.45, 2.75) is 6.18 Å². The highest BCUT2D eigenvalue weighted by Gasteiger charge is 2.30. The molecule has 0 N–H and O–H groups in total. The first-order valence-electron chi connectivity index (χ1n) is 4.38. The number of halogens is 3. The van der Waals surface area contributed by atoms with Crippen LogP contribution in [0.5, 0.6) is 0 Å². The highest BCUT2D eigenvalue weighted by molar-refractivity contribution is 5.83. The van der Waals surface area contributed by atoms with Crippen molar-refractivity contribution in [2.24, 2.45) is 0 Å². The first-order chi connectivity index (χ1) is 7.50. The molecule has 0 unspecified atom stereocenters. The Kier molecular flexibility index (Phi) is 2.27. The number of nitriles is 1. The lowest BCUT2D eigenvalue weighted by Gasteiger charge is -2.07. The summed E-state index contributed by atoms with van der Waals surface area (Å²) in [5, 5.41) is 9.53. The Balaban J connectivity index is 2.65. The number of pyridine rings is 1. The molecule has 80 valence electrons. The Bertz CT molecular complexity index is 582. The first kappa shape index (κ1) is 10.4. The summed E-state index contributed by atoms with van der Waals surface area (Å²) in [5.74, 6) is 0. The van der Waals surface area contributed by atoms with Crippen LogP contribution in [0.25, 0.3) is 10.8 Å². The summed E-state index contributed by atoms with van der Waals surface area (Å²) in [5.41, 5.74) is -0.623. The zero-order valence-corrected chi connectivity index (χ0v) is 7.92. The quantitative estimate of drug-likeness (QED) is 0.686. The molecule has 2 aromatic rings. The van der Waals surface area contributed by atoms with Crippen molar-refractivity contribution in [2.75, 3.05) is 0 Å². The van der Waals surface area contributed by atoms with Crippen LogP contribution in [0.2, 0.25) is 0 Å². The van der Waals surface area contributed by atoms with E-state index >= 15 is 0 Å². The Morgan fingerprint density at radius 3 is 2.50 bits per heavy atom. The largest absolute Gasteiger partial charge is 0.416 e. The molecule has 1 aromatic heterocycles. The molecular formula is C11H5F3N2. The summed E-state index contributed by atoms with van der Waals surface area (Å²) in [6.45, 7) is 0. The average Bonchev–Trinajstić information content (AvgIpc) is 2.26. The molecule has 2 rings (SSSR count). The second-order valence-corrected chi connectivity index (χ2v) is 3.24. The van der Waals surface area contributed by atoms with E-state index < -0.39 is 11.7 Å². The summed E-state index contributed by atoms with van der Waals surface area (Å²) in [6.07, 6.45) is -2.99. The Hall–Kier alpha value is -2.09. The fourth-order valence-corrected chi connectivity index (χ4v) is 1.38. The van der Waals surface area contributed by atoms with Crippen molar-refractivity contribution in [3.8, 4) is 6.07 Å². The average molecular weight is 222 g/mol. The van der Waals surface area contributed by atoms with E-state index in [1.54, 1.807) is 6.07 Å². The highest BCUT2D eigenvalue weighted by atomic mass is 19.4. The molecule has 0 radical (unpaired) electrons. The predicted molar refractivity (Wildman–Crippen MR) is 51.5 cm³/mol. The molecule has 1 heterocycles. The fraction of sp³-hybridized carbons (Fsp3) is 0.0909. The molecule has 0 atom stereocenters. The summed E-state index contributed by atoms with van der Waals surface area (Å²) in [4.78, 5) is 3.77. The Morgan fingerprint density at radius 2 is 1.88 bits per heavy atom. The minimum Gasteiger partial charge on any atom is -0.245 e. The van der Waals surface area contributed by atoms with Crippen LogP contribution in [0, 0.1) is 11.3 Å². The van der Waals surface area contributed by atoms with Crippen molar-refractivity contribution in [3.05, 3.63) is 41.7 Å². The fourth-order valence-electron chi connectivity index (χ4n) is 1.38. The number of fused-ring (bicyclic) bond motifs is 1. The molecule has 0 aliphatic heterocycles. The third-order valence-electron chi connectivity index (χ3n) is 2.16. The van der Waals surface area contributed by atoms with E-state index in [-0.39, 0.29) is 5.69 Å². The van der Waals surface area contributed by atoms with Crippen molar-refractivity contribution >= 4 is 10.8 Å². The van der Waals surface area contributed by atoms with E-state index in [4.69, 9.17) is 5.26 Å². The second-order valence-electron chi connectivity index (χ2n) is 3.24. The molecule has 0 saturated heterocycles. The van der Waals surface area contributed by atoms with Crippen molar-refractivity contribution in [1.29, 1.82) is 5.26 Å². The van der Waals surface area contributed by atoms with Gasteiger partial charge in [-0.2, -0.15) is 18.4 Å². The van der Waals surface area contributed by atoms with Gasteiger partial charge in [0.2, 0.25) is 0 Å². The molecule has 0 bridgehead atoms. The van der Waals surface area contributed by atoms with Crippen LogP contribution in [-0.2, 0) is 6.18 Å². The molecule has 1 aromatic carbocycles. The maximum atomic E-state index is 12.4. The summed E-state index contributed by atoms with van der Waals surface area (Å²) < 4.78 is 37.3. The molecular weight excluding hydrogens is 217 g/mol. The van der Waals surface area contributed by atoms with Crippen LogP contribution in [-0.4, -0.2) is 4.98 Å². The molecule has 5 heteroatoms. The second kappa shape index (κ2) is 3.49. The molecule has 16 heavy (non-hydrogen) atoms. The van der Waals surface area contributed by atoms with Gasteiger partial charge in [0.1, 0.15) is 11.8 Å². The number of alkyl halides is 3. The summed E-state index contributed by atoms with van der Waals surface area (Å²) in [6, 6.07) is 6.47. The summed E-state index contributed by atoms with van der Waals surface area (Å²) >= 11 is 0. The number of hydrogen-bond donors (Lipinski definition) is 0. The summed E-state index contributed by atoms with van der Waals surface area (Å²) in [7, 11) is 0. The van der Waals surface area contributed by atoms with Gasteiger partial charge in [0.25, 0.3) is 0 Å². The highest BCUT2D eigenvalue weighted by Crippen LogP contribution is 2.31. The van der Waals surface area contributed by atoms with Gasteiger partial charge in [-0.15, -0.1) is 0 Å². The normalized spacial score (nSPS) is 11.4. The molecule has 0 aliphatic rings. The molecule has 0 fully saturated rings. The van der Waals surface area contributed by atoms with Crippen molar-refractivity contribution < 1.29 is 13.2 Å². The maximum absolute atomic E-state index is 12.4. The monoisotopic (exact) mass is 222 g/mol. The van der Waals surface area contributed by atoms with Gasteiger partial charge in [0.05, 0.1) is 5.56 Å². The lowest BCUT2D eigenvalue weighted by atomic mass is 10.1. The van der Waals surface area contributed by atoms with E-state index in [2.05, 4.69) is 4.98 Å². The molecule has 0 aliphatic carbocycles. The molecule has 0 saturated carbocycles. The topological polar surface area (TPSA) is 36.7 Å². The molecule has 2 nitrogen and oxygen atoms in total. The SMILES string of the molecule is N#Cc1cc2cc(C(F)(F)F)ccc2cn1. The first-order valence-corrected chi connectivity index (χ1v) is 4.38. The van der Waals surface area contributed by atoms with E-state index in [1.165, 1.54) is 18.3 Å². The van der Waals surface area contributed by atoms with Gasteiger partial charge in [-0.05, 0) is 23.6 Å². The number of hydrogen-bond acceptors (Lipinski definition) is 2. The van der Waals surface area contributed by atoms with E-state index in [0.29, 0.717) is 10.8 Å². The van der Waals surface area contributed by atoms with Gasteiger partial charge >= 0.3 is 6.18 Å². The maximum Gasteiger partial charge on any atom is 0.416 e. The number of benzene rings is 1. The molecule has 0 amide bonds. The molecule has 0 spiro atoms. The Labute approximate surface area is 89.0 Å². The van der Waals surface area contributed by atoms with Crippen LogP contribution in [0.1, 0.15) is 11.3 Å². The van der Waals surface area contributed by atoms with Crippen LogP contribution < -0.4 is 0 Å². The minimum atomic E-state index is -4.37. The van der Waals surface area contributed by atoms with Gasteiger partial charge in [0.15, 0.2) is 0 Å².